The summed E-state index contributed by atoms with van der Waals surface area (Å²) < 4.78 is 45.2. The van der Waals surface area contributed by atoms with Crippen molar-refractivity contribution in [3.05, 3.63) is 12.0 Å². The summed E-state index contributed by atoms with van der Waals surface area (Å²) in [4.78, 5) is 0. The van der Waals surface area contributed by atoms with Crippen LogP contribution in [0.1, 0.15) is 0 Å². The van der Waals surface area contributed by atoms with Crippen LogP contribution in [0.4, 0.5) is 8.78 Å². The van der Waals surface area contributed by atoms with Gasteiger partial charge in [-0.3, -0.25) is 0 Å². The molecule has 0 saturated heterocycles. The first-order chi connectivity index (χ1) is 3.98. The van der Waals surface area contributed by atoms with Crippen LogP contribution in [0.2, 0.25) is 0 Å². The topological polar surface area (TPSA) is 43.4 Å². The Bertz CT molecular complexity index is 183. The molecule has 0 heterocycles. The van der Waals surface area contributed by atoms with E-state index in [0.717, 1.165) is 0 Å². The SMILES string of the molecule is C=CS(=O)(=O)OC(F)F. The number of hydrogen-bond donors (Lipinski definition) is 0. The lowest BCUT2D eigenvalue weighted by Crippen LogP contribution is -2.06. The molecule has 0 bridgehead atoms. The monoisotopic (exact) mass is 158 g/mol. The average molecular weight is 158 g/mol. The Kier molecular flexibility index (Phi) is 2.72. The lowest BCUT2D eigenvalue weighted by Gasteiger charge is -1.95. The molecule has 0 amide bonds. The predicted octanol–water partition coefficient (Wildman–Crippen LogP) is 0.699. The highest BCUT2D eigenvalue weighted by Gasteiger charge is 2.12. The first kappa shape index (κ1) is 8.51. The lowest BCUT2D eigenvalue weighted by molar-refractivity contribution is -0.0432. The Hall–Kier alpha value is -0.490. The summed E-state index contributed by atoms with van der Waals surface area (Å²) in [5, 5.41) is 0.305. The Morgan fingerprint density at radius 1 is 1.56 bits per heavy atom. The highest BCUT2D eigenvalue weighted by atomic mass is 32.2. The zero-order chi connectivity index (χ0) is 7.49. The van der Waals surface area contributed by atoms with E-state index in [1.54, 1.807) is 0 Å². The summed E-state index contributed by atoms with van der Waals surface area (Å²) in [6, 6.07) is 0. The van der Waals surface area contributed by atoms with Crippen LogP contribution in [-0.4, -0.2) is 15.0 Å². The summed E-state index contributed by atoms with van der Waals surface area (Å²) >= 11 is 0. The van der Waals surface area contributed by atoms with Gasteiger partial charge in [0.15, 0.2) is 0 Å². The third-order valence-electron chi connectivity index (χ3n) is 0.411. The molecule has 0 radical (unpaired) electrons. The Morgan fingerprint density at radius 3 is 2.11 bits per heavy atom. The van der Waals surface area contributed by atoms with E-state index in [-0.39, 0.29) is 0 Å². The van der Waals surface area contributed by atoms with Gasteiger partial charge in [-0.2, -0.15) is 21.4 Å². The van der Waals surface area contributed by atoms with Crippen LogP contribution in [0.5, 0.6) is 0 Å². The molecule has 0 aliphatic carbocycles. The normalized spacial score (nSPS) is 11.9. The molecule has 0 aromatic heterocycles. The van der Waals surface area contributed by atoms with Crippen molar-refractivity contribution >= 4 is 10.1 Å². The fourth-order valence-electron chi connectivity index (χ4n) is 0.141. The molecule has 0 rings (SSSR count). The van der Waals surface area contributed by atoms with Crippen LogP contribution in [-0.2, 0) is 14.3 Å². The van der Waals surface area contributed by atoms with E-state index in [1.807, 2.05) is 0 Å². The van der Waals surface area contributed by atoms with Crippen LogP contribution in [0.3, 0.4) is 0 Å². The second kappa shape index (κ2) is 2.88. The minimum Gasteiger partial charge on any atom is -0.200 e. The van der Waals surface area contributed by atoms with E-state index >= 15 is 0 Å². The average Bonchev–Trinajstić information content (AvgIpc) is 1.63. The molecule has 0 saturated carbocycles. The van der Waals surface area contributed by atoms with Gasteiger partial charge in [0.2, 0.25) is 0 Å². The van der Waals surface area contributed by atoms with E-state index in [0.29, 0.717) is 5.41 Å². The van der Waals surface area contributed by atoms with Gasteiger partial charge in [0, 0.05) is 0 Å². The van der Waals surface area contributed by atoms with Gasteiger partial charge in [-0.1, -0.05) is 6.58 Å². The molecule has 6 heteroatoms. The molecule has 0 aliphatic rings. The summed E-state index contributed by atoms with van der Waals surface area (Å²) in [6.07, 6.45) is 0. The maximum Gasteiger partial charge on any atom is 0.359 e. The zero-order valence-electron chi connectivity index (χ0n) is 4.25. The molecule has 3 nitrogen and oxygen atoms in total. The molecular formula is C3H4F2O3S. The number of rotatable bonds is 3. The number of alkyl halides is 2. The maximum absolute atomic E-state index is 11.1. The first-order valence-electron chi connectivity index (χ1n) is 1.82. The second-order valence-corrected chi connectivity index (χ2v) is 2.53. The molecule has 0 fully saturated rings. The molecule has 0 aliphatic heterocycles. The molecule has 54 valence electrons. The van der Waals surface area contributed by atoms with Gasteiger partial charge in [0.1, 0.15) is 0 Å². The minimum absolute atomic E-state index is 0.305. The maximum atomic E-state index is 11.1. The standard InChI is InChI=1S/C3H4F2O3S/c1-2-9(6,7)8-3(4)5/h2-3H,1H2. The van der Waals surface area contributed by atoms with Gasteiger partial charge >= 0.3 is 6.61 Å². The van der Waals surface area contributed by atoms with E-state index in [4.69, 9.17) is 0 Å². The summed E-state index contributed by atoms with van der Waals surface area (Å²) in [5.41, 5.74) is 0. The van der Waals surface area contributed by atoms with Crippen LogP contribution >= 0.6 is 0 Å². The van der Waals surface area contributed by atoms with E-state index in [2.05, 4.69) is 10.8 Å². The van der Waals surface area contributed by atoms with Crippen LogP contribution < -0.4 is 0 Å². The molecule has 0 N–H and O–H groups in total. The van der Waals surface area contributed by atoms with E-state index < -0.39 is 16.7 Å². The van der Waals surface area contributed by atoms with Gasteiger partial charge in [-0.25, -0.2) is 0 Å². The van der Waals surface area contributed by atoms with E-state index in [1.165, 1.54) is 0 Å². The van der Waals surface area contributed by atoms with Crippen LogP contribution in [0.25, 0.3) is 0 Å². The fraction of sp³-hybridized carbons (Fsp3) is 0.333. The Labute approximate surface area is 51.1 Å². The Balaban J connectivity index is 4.05. The number of halogens is 2. The van der Waals surface area contributed by atoms with Crippen molar-refractivity contribution in [1.29, 1.82) is 0 Å². The van der Waals surface area contributed by atoms with Crippen molar-refractivity contribution in [2.45, 2.75) is 6.61 Å². The van der Waals surface area contributed by atoms with Crippen molar-refractivity contribution in [1.82, 2.24) is 0 Å². The molecule has 0 spiro atoms. The van der Waals surface area contributed by atoms with Crippen molar-refractivity contribution in [3.63, 3.8) is 0 Å². The van der Waals surface area contributed by atoms with Gasteiger partial charge in [0.05, 0.1) is 5.41 Å². The quantitative estimate of drug-likeness (QED) is 0.568. The molecule has 0 aromatic rings. The zero-order valence-corrected chi connectivity index (χ0v) is 5.07. The van der Waals surface area contributed by atoms with Gasteiger partial charge in [-0.05, 0) is 0 Å². The van der Waals surface area contributed by atoms with Gasteiger partial charge in [0.25, 0.3) is 10.1 Å². The summed E-state index contributed by atoms with van der Waals surface area (Å²) in [5.74, 6) is 0. The van der Waals surface area contributed by atoms with E-state index in [9.17, 15) is 17.2 Å². The second-order valence-electron chi connectivity index (χ2n) is 1.02. The van der Waals surface area contributed by atoms with Crippen molar-refractivity contribution in [3.8, 4) is 0 Å². The Morgan fingerprint density at radius 2 is 2.00 bits per heavy atom. The van der Waals surface area contributed by atoms with Crippen LogP contribution in [0.15, 0.2) is 12.0 Å². The van der Waals surface area contributed by atoms with Crippen LogP contribution in [0, 0.1) is 0 Å². The third-order valence-corrected chi connectivity index (χ3v) is 1.23. The van der Waals surface area contributed by atoms with Gasteiger partial charge in [-0.15, -0.1) is 0 Å². The number of hydrogen-bond acceptors (Lipinski definition) is 3. The molecular weight excluding hydrogens is 154 g/mol. The lowest BCUT2D eigenvalue weighted by atomic mass is 11.3. The fourth-order valence-corrected chi connectivity index (χ4v) is 0.422. The molecule has 0 atom stereocenters. The first-order valence-corrected chi connectivity index (χ1v) is 3.29. The molecule has 0 aromatic carbocycles. The highest BCUT2D eigenvalue weighted by molar-refractivity contribution is 7.89. The highest BCUT2D eigenvalue weighted by Crippen LogP contribution is 2.02. The van der Waals surface area contributed by atoms with Gasteiger partial charge < -0.3 is 0 Å². The van der Waals surface area contributed by atoms with Crippen molar-refractivity contribution < 1.29 is 21.4 Å². The smallest absolute Gasteiger partial charge is 0.200 e. The van der Waals surface area contributed by atoms with Crippen molar-refractivity contribution in [2.75, 3.05) is 0 Å². The summed E-state index contributed by atoms with van der Waals surface area (Å²) in [7, 11) is -4.20. The van der Waals surface area contributed by atoms with Crippen molar-refractivity contribution in [2.24, 2.45) is 0 Å². The minimum atomic E-state index is -4.20. The predicted molar refractivity (Wildman–Crippen MR) is 26.2 cm³/mol. The third kappa shape index (κ3) is 4.04. The molecule has 0 unspecified atom stereocenters. The largest absolute Gasteiger partial charge is 0.359 e. The summed E-state index contributed by atoms with van der Waals surface area (Å²) in [6.45, 7) is -0.573. The molecule has 9 heavy (non-hydrogen) atoms.